The predicted octanol–water partition coefficient (Wildman–Crippen LogP) is 4.79. The summed E-state index contributed by atoms with van der Waals surface area (Å²) in [5, 5.41) is 9.59. The van der Waals surface area contributed by atoms with Crippen molar-refractivity contribution in [2.24, 2.45) is 0 Å². The molecule has 0 radical (unpaired) electrons. The van der Waals surface area contributed by atoms with Gasteiger partial charge in [-0.15, -0.1) is 0 Å². The van der Waals surface area contributed by atoms with Gasteiger partial charge in [-0.05, 0) is 74.6 Å². The van der Waals surface area contributed by atoms with Crippen molar-refractivity contribution in [3.05, 3.63) is 144 Å². The SMILES string of the molecule is Cc1c(C)c(C)c2c(ccc3ccccc32)c1[Si]1(c2ccccc2)O[SiH2]O[Si](c2ccccc2)(c2ccccc2)O1. The third-order valence-corrected chi connectivity index (χ3v) is 19.8. The van der Waals surface area contributed by atoms with E-state index < -0.39 is 27.1 Å². The van der Waals surface area contributed by atoms with Crippen molar-refractivity contribution in [2.45, 2.75) is 20.8 Å². The fourth-order valence-electron chi connectivity index (χ4n) is 6.46. The van der Waals surface area contributed by atoms with E-state index in [0.29, 0.717) is 0 Å². The summed E-state index contributed by atoms with van der Waals surface area (Å²) in [7, 11) is -7.84. The maximum Gasteiger partial charge on any atom is 0.390 e. The van der Waals surface area contributed by atoms with Gasteiger partial charge in [-0.3, -0.25) is 0 Å². The summed E-state index contributed by atoms with van der Waals surface area (Å²) in [6.07, 6.45) is 0. The molecule has 6 heteroatoms. The van der Waals surface area contributed by atoms with E-state index in [2.05, 4.69) is 148 Å². The molecule has 0 N–H and O–H groups in total. The molecule has 1 atom stereocenters. The summed E-state index contributed by atoms with van der Waals surface area (Å²) in [5.74, 6) is 0. The Hall–Kier alpha value is -3.63. The maximum atomic E-state index is 7.77. The lowest BCUT2D eigenvalue weighted by Crippen LogP contribution is -2.79. The van der Waals surface area contributed by atoms with Gasteiger partial charge in [0.1, 0.15) is 0 Å². The Balaban J connectivity index is 1.60. The van der Waals surface area contributed by atoms with Crippen LogP contribution in [0, 0.1) is 20.8 Å². The highest BCUT2D eigenvalue weighted by molar-refractivity contribution is 7.08. The highest BCUT2D eigenvalue weighted by Gasteiger charge is 2.58. The lowest BCUT2D eigenvalue weighted by atomic mass is 9.92. The van der Waals surface area contributed by atoms with Crippen molar-refractivity contribution < 1.29 is 12.3 Å². The predicted molar refractivity (Wildman–Crippen MR) is 177 cm³/mol. The molecule has 0 amide bonds. The Morgan fingerprint density at radius 2 is 0.976 bits per heavy atom. The molecule has 0 aromatic heterocycles. The minimum Gasteiger partial charge on any atom is -0.413 e. The second kappa shape index (κ2) is 10.3. The van der Waals surface area contributed by atoms with E-state index >= 15 is 0 Å². The molecule has 1 aliphatic heterocycles. The summed E-state index contributed by atoms with van der Waals surface area (Å²) in [6.45, 7) is 6.76. The fraction of sp³-hybridized carbons (Fsp3) is 0.0857. The molecule has 7 rings (SSSR count). The molecule has 1 aliphatic rings. The molecule has 0 saturated carbocycles. The van der Waals surface area contributed by atoms with Crippen molar-refractivity contribution >= 4 is 69.4 Å². The number of benzene rings is 6. The first-order valence-electron chi connectivity index (χ1n) is 14.1. The van der Waals surface area contributed by atoms with Crippen LogP contribution in [0.25, 0.3) is 21.5 Å². The number of rotatable bonds is 4. The van der Waals surface area contributed by atoms with Crippen LogP contribution in [-0.4, -0.2) is 27.1 Å². The van der Waals surface area contributed by atoms with Crippen LogP contribution in [0.2, 0.25) is 0 Å². The van der Waals surface area contributed by atoms with E-state index in [4.69, 9.17) is 12.3 Å². The van der Waals surface area contributed by atoms with Crippen molar-refractivity contribution in [3.8, 4) is 0 Å². The minimum atomic E-state index is -3.29. The van der Waals surface area contributed by atoms with E-state index in [9.17, 15) is 0 Å². The highest BCUT2D eigenvalue weighted by atomic mass is 28.5. The molecule has 1 saturated heterocycles. The minimum absolute atomic E-state index is 1.12. The zero-order chi connectivity index (χ0) is 28.0. The molecule has 3 nitrogen and oxygen atoms in total. The van der Waals surface area contributed by atoms with Gasteiger partial charge in [0, 0.05) is 5.19 Å². The number of hydrogen-bond acceptors (Lipinski definition) is 3. The van der Waals surface area contributed by atoms with Crippen molar-refractivity contribution in [2.75, 3.05) is 0 Å². The smallest absolute Gasteiger partial charge is 0.390 e. The number of hydrogen-bond donors (Lipinski definition) is 0. The van der Waals surface area contributed by atoms with E-state index in [-0.39, 0.29) is 0 Å². The summed E-state index contributed by atoms with van der Waals surface area (Å²) in [5.41, 5.74) is 3.86. The van der Waals surface area contributed by atoms with Crippen LogP contribution in [0.15, 0.2) is 127 Å². The van der Waals surface area contributed by atoms with Gasteiger partial charge in [-0.2, -0.15) is 0 Å². The van der Waals surface area contributed by atoms with Gasteiger partial charge in [-0.1, -0.05) is 127 Å². The molecule has 1 unspecified atom stereocenters. The zero-order valence-corrected chi connectivity index (χ0v) is 27.0. The van der Waals surface area contributed by atoms with Crippen LogP contribution < -0.4 is 20.7 Å². The largest absolute Gasteiger partial charge is 0.413 e. The summed E-state index contributed by atoms with van der Waals surface area (Å²) < 4.78 is 21.7. The highest BCUT2D eigenvalue weighted by Crippen LogP contribution is 2.34. The topological polar surface area (TPSA) is 27.7 Å². The standard InChI is InChI=1S/C35H32O3Si3/c1-25-26(2)34-32-22-14-13-15-28(32)23-24-33(34)35(27(25)3)41(31-20-11-6-12-21-31)37-39-36-40(38-41,29-16-7-4-8-17-29)30-18-9-5-10-19-30/h4-24H,39H2,1-3H3. The zero-order valence-electron chi connectivity index (χ0n) is 23.6. The number of fused-ring (bicyclic) bond motifs is 3. The molecule has 6 aromatic rings. The van der Waals surface area contributed by atoms with Gasteiger partial charge in [-0.25, -0.2) is 0 Å². The van der Waals surface area contributed by atoms with E-state index in [1.54, 1.807) is 0 Å². The lowest BCUT2D eigenvalue weighted by molar-refractivity contribution is 0.292. The molecule has 1 heterocycles. The average Bonchev–Trinajstić information content (AvgIpc) is 3.04. The molecule has 0 spiro atoms. The first-order valence-corrected chi connectivity index (χ1v) is 18.9. The summed E-state index contributed by atoms with van der Waals surface area (Å²) >= 11 is 0. The Labute approximate surface area is 245 Å². The van der Waals surface area contributed by atoms with E-state index in [1.807, 2.05) is 0 Å². The van der Waals surface area contributed by atoms with Crippen molar-refractivity contribution in [1.29, 1.82) is 0 Å². The molecule has 0 aliphatic carbocycles. The van der Waals surface area contributed by atoms with Gasteiger partial charge in [0.25, 0.3) is 10.0 Å². The second-order valence-corrected chi connectivity index (χ2v) is 18.9. The van der Waals surface area contributed by atoms with Gasteiger partial charge < -0.3 is 12.3 Å². The first-order chi connectivity index (χ1) is 20.1. The first kappa shape index (κ1) is 26.3. The second-order valence-electron chi connectivity index (χ2n) is 10.8. The summed E-state index contributed by atoms with van der Waals surface area (Å²) in [4.78, 5) is 0. The van der Waals surface area contributed by atoms with Crippen LogP contribution in [0.5, 0.6) is 0 Å². The molecule has 0 bridgehead atoms. The third-order valence-electron chi connectivity index (χ3n) is 8.68. The normalized spacial score (nSPS) is 19.1. The molecular formula is C35H32O3Si3. The summed E-state index contributed by atoms with van der Waals surface area (Å²) in [6, 6.07) is 45.1. The van der Waals surface area contributed by atoms with E-state index in [0.717, 1.165) is 15.6 Å². The van der Waals surface area contributed by atoms with Crippen LogP contribution in [0.1, 0.15) is 16.7 Å². The monoisotopic (exact) mass is 584 g/mol. The van der Waals surface area contributed by atoms with Gasteiger partial charge in [0.15, 0.2) is 0 Å². The van der Waals surface area contributed by atoms with Gasteiger partial charge in [0.05, 0.1) is 0 Å². The Kier molecular flexibility index (Phi) is 6.62. The van der Waals surface area contributed by atoms with Crippen LogP contribution in [-0.2, 0) is 12.3 Å². The average molecular weight is 585 g/mol. The number of aryl methyl sites for hydroxylation is 1. The molecule has 1 fully saturated rings. The fourth-order valence-corrected chi connectivity index (χ4v) is 19.9. The maximum absolute atomic E-state index is 7.77. The third kappa shape index (κ3) is 4.10. The van der Waals surface area contributed by atoms with Gasteiger partial charge in [0.2, 0.25) is 0 Å². The van der Waals surface area contributed by atoms with Crippen molar-refractivity contribution in [3.63, 3.8) is 0 Å². The van der Waals surface area contributed by atoms with Crippen LogP contribution >= 0.6 is 0 Å². The van der Waals surface area contributed by atoms with Crippen LogP contribution in [0.3, 0.4) is 0 Å². The quantitative estimate of drug-likeness (QED) is 0.220. The van der Waals surface area contributed by atoms with E-state index in [1.165, 1.54) is 43.4 Å². The molecule has 6 aromatic carbocycles. The Morgan fingerprint density at radius 1 is 0.463 bits per heavy atom. The Bertz CT molecular complexity index is 1840. The Morgan fingerprint density at radius 3 is 1.59 bits per heavy atom. The lowest BCUT2D eigenvalue weighted by Gasteiger charge is -2.47. The molecular weight excluding hydrogens is 553 g/mol. The van der Waals surface area contributed by atoms with Gasteiger partial charge >= 0.3 is 17.1 Å². The van der Waals surface area contributed by atoms with Crippen LogP contribution in [0.4, 0.5) is 0 Å². The molecule has 202 valence electrons. The van der Waals surface area contributed by atoms with Crippen molar-refractivity contribution in [1.82, 2.24) is 0 Å². The molecule has 41 heavy (non-hydrogen) atoms.